The summed E-state index contributed by atoms with van der Waals surface area (Å²) >= 11 is 0. The van der Waals surface area contributed by atoms with E-state index >= 15 is 0 Å². The zero-order valence-corrected chi connectivity index (χ0v) is 17.7. The molecule has 1 aliphatic rings. The Labute approximate surface area is 159 Å². The fourth-order valence-corrected chi connectivity index (χ4v) is 3.11. The third kappa shape index (κ3) is 9.72. The van der Waals surface area contributed by atoms with Gasteiger partial charge in [-0.05, 0) is 37.0 Å². The van der Waals surface area contributed by atoms with Gasteiger partial charge < -0.3 is 20.1 Å². The maximum atomic E-state index is 5.45. The second kappa shape index (κ2) is 13.2. The molecule has 0 aromatic heterocycles. The second-order valence-corrected chi connectivity index (χ2v) is 6.76. The lowest BCUT2D eigenvalue weighted by molar-refractivity contribution is 0.0698. The summed E-state index contributed by atoms with van der Waals surface area (Å²) in [7, 11) is 3.52. The zero-order valence-electron chi connectivity index (χ0n) is 15.3. The van der Waals surface area contributed by atoms with E-state index in [2.05, 4.69) is 29.5 Å². The lowest BCUT2D eigenvalue weighted by atomic mass is 9.64. The molecule has 0 spiro atoms. The van der Waals surface area contributed by atoms with Gasteiger partial charge in [-0.1, -0.05) is 20.3 Å². The first-order chi connectivity index (χ1) is 10.6. The molecule has 0 aromatic carbocycles. The van der Waals surface area contributed by atoms with Crippen molar-refractivity contribution in [3.63, 3.8) is 0 Å². The van der Waals surface area contributed by atoms with Gasteiger partial charge in [0, 0.05) is 33.9 Å². The summed E-state index contributed by atoms with van der Waals surface area (Å²) in [6, 6.07) is 0. The van der Waals surface area contributed by atoms with Crippen LogP contribution in [0.25, 0.3) is 0 Å². The molecule has 5 nitrogen and oxygen atoms in total. The predicted molar refractivity (Wildman–Crippen MR) is 108 cm³/mol. The van der Waals surface area contributed by atoms with Gasteiger partial charge in [0.15, 0.2) is 5.96 Å². The molecule has 2 N–H and O–H groups in total. The molecule has 0 amide bonds. The van der Waals surface area contributed by atoms with Crippen molar-refractivity contribution in [1.29, 1.82) is 0 Å². The first kappa shape index (κ1) is 22.9. The number of aliphatic imine (C=N–C) groups is 1. The number of guanidine groups is 1. The van der Waals surface area contributed by atoms with Gasteiger partial charge in [-0.15, -0.1) is 24.0 Å². The largest absolute Gasteiger partial charge is 0.382 e. The van der Waals surface area contributed by atoms with Crippen molar-refractivity contribution in [3.05, 3.63) is 0 Å². The summed E-state index contributed by atoms with van der Waals surface area (Å²) < 4.78 is 10.4. The van der Waals surface area contributed by atoms with Crippen LogP contribution in [-0.2, 0) is 9.47 Å². The van der Waals surface area contributed by atoms with Crippen molar-refractivity contribution in [1.82, 2.24) is 10.6 Å². The Hall–Kier alpha value is -0.0800. The fraction of sp³-hybridized carbons (Fsp3) is 0.941. The van der Waals surface area contributed by atoms with Crippen LogP contribution in [0.2, 0.25) is 0 Å². The number of methoxy groups -OCH3 is 1. The molecule has 138 valence electrons. The number of hydrogen-bond acceptors (Lipinski definition) is 3. The van der Waals surface area contributed by atoms with E-state index in [9.17, 15) is 0 Å². The molecule has 0 atom stereocenters. The smallest absolute Gasteiger partial charge is 0.190 e. The molecule has 1 aliphatic carbocycles. The van der Waals surface area contributed by atoms with Crippen LogP contribution in [-0.4, -0.2) is 53.0 Å². The van der Waals surface area contributed by atoms with E-state index in [1.165, 1.54) is 25.7 Å². The monoisotopic (exact) mass is 441 g/mol. The number of nitrogens with one attached hydrogen (secondary N) is 2. The maximum absolute atomic E-state index is 5.45. The molecule has 0 heterocycles. The van der Waals surface area contributed by atoms with Gasteiger partial charge in [-0.3, -0.25) is 4.99 Å². The second-order valence-electron chi connectivity index (χ2n) is 6.76. The van der Waals surface area contributed by atoms with Crippen LogP contribution in [0.15, 0.2) is 4.99 Å². The van der Waals surface area contributed by atoms with Crippen molar-refractivity contribution in [3.8, 4) is 0 Å². The topological polar surface area (TPSA) is 54.9 Å². The average Bonchev–Trinajstić information content (AvgIpc) is 2.46. The SMILES string of the molecule is CN=C(NCCCOCCOC)NCC1(CC(C)C)CCC1.I. The van der Waals surface area contributed by atoms with Crippen LogP contribution in [0.5, 0.6) is 0 Å². The molecule has 23 heavy (non-hydrogen) atoms. The van der Waals surface area contributed by atoms with Crippen LogP contribution in [0.1, 0.15) is 46.0 Å². The Morgan fingerprint density at radius 2 is 1.91 bits per heavy atom. The highest BCUT2D eigenvalue weighted by atomic mass is 127. The van der Waals surface area contributed by atoms with Gasteiger partial charge in [0.05, 0.1) is 13.2 Å². The van der Waals surface area contributed by atoms with Crippen molar-refractivity contribution in [2.45, 2.75) is 46.0 Å². The van der Waals surface area contributed by atoms with E-state index in [1.807, 2.05) is 7.05 Å². The van der Waals surface area contributed by atoms with Crippen molar-refractivity contribution >= 4 is 29.9 Å². The van der Waals surface area contributed by atoms with Crippen molar-refractivity contribution in [2.75, 3.05) is 47.1 Å². The van der Waals surface area contributed by atoms with Crippen molar-refractivity contribution < 1.29 is 9.47 Å². The number of halogens is 1. The van der Waals surface area contributed by atoms with Crippen molar-refractivity contribution in [2.24, 2.45) is 16.3 Å². The molecule has 1 saturated carbocycles. The van der Waals surface area contributed by atoms with E-state index in [-0.39, 0.29) is 24.0 Å². The molecule has 0 bridgehead atoms. The minimum atomic E-state index is 0. The quantitative estimate of drug-likeness (QED) is 0.224. The van der Waals surface area contributed by atoms with E-state index in [0.717, 1.165) is 38.0 Å². The molecule has 0 aliphatic heterocycles. The van der Waals surface area contributed by atoms with Crippen LogP contribution >= 0.6 is 24.0 Å². The van der Waals surface area contributed by atoms with Gasteiger partial charge in [0.1, 0.15) is 0 Å². The Bertz CT molecular complexity index is 321. The fourth-order valence-electron chi connectivity index (χ4n) is 3.11. The standard InChI is InChI=1S/C17H35N3O2.HI/c1-15(2)13-17(7-5-8-17)14-20-16(18-3)19-9-6-10-22-12-11-21-4;/h15H,5-14H2,1-4H3,(H2,18,19,20);1H. The molecule has 0 radical (unpaired) electrons. The van der Waals surface area contributed by atoms with Gasteiger partial charge in [0.25, 0.3) is 0 Å². The lowest BCUT2D eigenvalue weighted by Crippen LogP contribution is -2.47. The average molecular weight is 441 g/mol. The third-order valence-corrected chi connectivity index (χ3v) is 4.30. The highest BCUT2D eigenvalue weighted by Gasteiger charge is 2.37. The Balaban J connectivity index is 0.00000484. The molecular weight excluding hydrogens is 405 g/mol. The van der Waals surface area contributed by atoms with Crippen LogP contribution in [0.4, 0.5) is 0 Å². The maximum Gasteiger partial charge on any atom is 0.190 e. The van der Waals surface area contributed by atoms with Crippen LogP contribution in [0.3, 0.4) is 0 Å². The molecule has 0 unspecified atom stereocenters. The van der Waals surface area contributed by atoms with E-state index in [4.69, 9.17) is 9.47 Å². The summed E-state index contributed by atoms with van der Waals surface area (Å²) in [5, 5.41) is 6.87. The highest BCUT2D eigenvalue weighted by molar-refractivity contribution is 14.0. The van der Waals surface area contributed by atoms with Gasteiger partial charge in [-0.2, -0.15) is 0 Å². The Morgan fingerprint density at radius 3 is 2.43 bits per heavy atom. The lowest BCUT2D eigenvalue weighted by Gasteiger charge is -2.43. The van der Waals surface area contributed by atoms with Gasteiger partial charge in [-0.25, -0.2) is 0 Å². The molecule has 0 aromatic rings. The summed E-state index contributed by atoms with van der Waals surface area (Å²) in [5.74, 6) is 1.67. The first-order valence-electron chi connectivity index (χ1n) is 8.63. The summed E-state index contributed by atoms with van der Waals surface area (Å²) in [4.78, 5) is 4.31. The van der Waals surface area contributed by atoms with E-state index in [1.54, 1.807) is 7.11 Å². The number of rotatable bonds is 11. The number of ether oxygens (including phenoxy) is 2. The number of hydrogen-bond donors (Lipinski definition) is 2. The summed E-state index contributed by atoms with van der Waals surface area (Å²) in [6.45, 7) is 8.63. The summed E-state index contributed by atoms with van der Waals surface area (Å²) in [6.07, 6.45) is 6.36. The zero-order chi connectivity index (χ0) is 16.3. The summed E-state index contributed by atoms with van der Waals surface area (Å²) in [5.41, 5.74) is 0.495. The molecular formula is C17H36IN3O2. The van der Waals surface area contributed by atoms with Crippen LogP contribution in [0, 0.1) is 11.3 Å². The normalized spacial score (nSPS) is 16.7. The van der Waals surface area contributed by atoms with Gasteiger partial charge in [0.2, 0.25) is 0 Å². The Morgan fingerprint density at radius 1 is 1.17 bits per heavy atom. The van der Waals surface area contributed by atoms with Gasteiger partial charge >= 0.3 is 0 Å². The molecule has 0 saturated heterocycles. The highest BCUT2D eigenvalue weighted by Crippen LogP contribution is 2.45. The predicted octanol–water partition coefficient (Wildman–Crippen LogP) is 3.04. The Kier molecular flexibility index (Phi) is 13.2. The third-order valence-electron chi connectivity index (χ3n) is 4.30. The molecule has 1 rings (SSSR count). The molecule has 1 fully saturated rings. The van der Waals surface area contributed by atoms with Crippen LogP contribution < -0.4 is 10.6 Å². The first-order valence-corrected chi connectivity index (χ1v) is 8.63. The van der Waals surface area contributed by atoms with E-state index < -0.39 is 0 Å². The molecule has 6 heteroatoms. The number of nitrogens with zero attached hydrogens (tertiary/aromatic N) is 1. The van der Waals surface area contributed by atoms with E-state index in [0.29, 0.717) is 18.6 Å². The minimum absolute atomic E-state index is 0. The minimum Gasteiger partial charge on any atom is -0.382 e.